The van der Waals surface area contributed by atoms with Crippen LogP contribution in [-0.2, 0) is 14.3 Å². The average molecular weight is 365 g/mol. The van der Waals surface area contributed by atoms with E-state index in [4.69, 9.17) is 4.74 Å². The van der Waals surface area contributed by atoms with E-state index in [0.29, 0.717) is 17.9 Å². The number of methoxy groups -OCH3 is 1. The van der Waals surface area contributed by atoms with Crippen LogP contribution in [0.4, 0.5) is 4.79 Å². The predicted molar refractivity (Wildman–Crippen MR) is 92.7 cm³/mol. The predicted octanol–water partition coefficient (Wildman–Crippen LogP) is 0.450. The molecule has 9 nitrogen and oxygen atoms in total. The van der Waals surface area contributed by atoms with Crippen LogP contribution in [0.25, 0.3) is 0 Å². The van der Waals surface area contributed by atoms with Crippen molar-refractivity contribution < 1.29 is 28.7 Å². The molecule has 0 radical (unpaired) electrons. The van der Waals surface area contributed by atoms with E-state index >= 15 is 0 Å². The lowest BCUT2D eigenvalue weighted by Gasteiger charge is -2.09. The molecule has 0 spiro atoms. The molecule has 0 saturated carbocycles. The van der Waals surface area contributed by atoms with Crippen LogP contribution >= 0.6 is 0 Å². The number of carbonyl (C=O) groups is 4. The fraction of sp³-hybridized carbons (Fsp3) is 0.412. The Balaban J connectivity index is 2.27. The first-order valence-corrected chi connectivity index (χ1v) is 7.97. The molecule has 26 heavy (non-hydrogen) atoms. The topological polar surface area (TPSA) is 123 Å². The summed E-state index contributed by atoms with van der Waals surface area (Å²) in [6.07, 6.45) is 0. The molecule has 0 aliphatic carbocycles. The van der Waals surface area contributed by atoms with Gasteiger partial charge in [0, 0.05) is 12.1 Å². The van der Waals surface area contributed by atoms with E-state index in [0.717, 1.165) is 0 Å². The molecule has 0 unspecified atom stereocenters. The molecule has 0 aliphatic rings. The molecule has 142 valence electrons. The van der Waals surface area contributed by atoms with E-state index in [2.05, 4.69) is 15.4 Å². The van der Waals surface area contributed by atoms with Gasteiger partial charge in [0.1, 0.15) is 12.3 Å². The van der Waals surface area contributed by atoms with Crippen LogP contribution in [0.1, 0.15) is 24.2 Å². The summed E-state index contributed by atoms with van der Waals surface area (Å²) in [5.74, 6) is -1.19. The Bertz CT molecular complexity index is 642. The number of imide groups is 1. The van der Waals surface area contributed by atoms with Gasteiger partial charge in [0.15, 0.2) is 6.61 Å². The first kappa shape index (κ1) is 20.9. The van der Waals surface area contributed by atoms with Crippen molar-refractivity contribution in [1.82, 2.24) is 16.0 Å². The van der Waals surface area contributed by atoms with Gasteiger partial charge in [-0.25, -0.2) is 4.79 Å². The van der Waals surface area contributed by atoms with E-state index in [1.807, 2.05) is 19.2 Å². The number of amides is 4. The van der Waals surface area contributed by atoms with Gasteiger partial charge in [-0.2, -0.15) is 0 Å². The van der Waals surface area contributed by atoms with Crippen LogP contribution < -0.4 is 20.7 Å². The monoisotopic (exact) mass is 365 g/mol. The average Bonchev–Trinajstić information content (AvgIpc) is 2.62. The Morgan fingerprint density at radius 1 is 1.04 bits per heavy atom. The SMILES string of the molecule is COc1ccc(C(=O)NCC(=O)OCC(=O)NC(=O)NCC(C)C)cc1. The van der Waals surface area contributed by atoms with E-state index < -0.39 is 37.0 Å². The molecule has 0 aromatic heterocycles. The zero-order chi connectivity index (χ0) is 19.5. The summed E-state index contributed by atoms with van der Waals surface area (Å²) < 4.78 is 9.67. The number of hydrogen-bond donors (Lipinski definition) is 3. The van der Waals surface area contributed by atoms with Crippen molar-refractivity contribution in [2.24, 2.45) is 5.92 Å². The Kier molecular flexibility index (Phi) is 8.62. The molecule has 1 aromatic rings. The summed E-state index contributed by atoms with van der Waals surface area (Å²) in [6, 6.07) is 5.66. The zero-order valence-corrected chi connectivity index (χ0v) is 15.0. The summed E-state index contributed by atoms with van der Waals surface area (Å²) in [4.78, 5) is 46.3. The van der Waals surface area contributed by atoms with Crippen molar-refractivity contribution in [2.45, 2.75) is 13.8 Å². The van der Waals surface area contributed by atoms with Crippen LogP contribution in [-0.4, -0.2) is 50.6 Å². The van der Waals surface area contributed by atoms with Gasteiger partial charge in [-0.3, -0.25) is 19.7 Å². The molecule has 3 N–H and O–H groups in total. The number of carbonyl (C=O) groups excluding carboxylic acids is 4. The van der Waals surface area contributed by atoms with E-state index in [9.17, 15) is 19.2 Å². The molecule has 4 amide bonds. The maximum atomic E-state index is 11.9. The van der Waals surface area contributed by atoms with Gasteiger partial charge in [0.05, 0.1) is 7.11 Å². The third-order valence-corrected chi connectivity index (χ3v) is 3.03. The summed E-state index contributed by atoms with van der Waals surface area (Å²) in [5.41, 5.74) is 0.346. The Hall–Kier alpha value is -3.10. The lowest BCUT2D eigenvalue weighted by atomic mass is 10.2. The molecule has 1 aromatic carbocycles. The van der Waals surface area contributed by atoms with Gasteiger partial charge in [-0.05, 0) is 30.2 Å². The van der Waals surface area contributed by atoms with Gasteiger partial charge in [-0.15, -0.1) is 0 Å². The van der Waals surface area contributed by atoms with Crippen molar-refractivity contribution in [3.8, 4) is 5.75 Å². The second-order valence-corrected chi connectivity index (χ2v) is 5.72. The second-order valence-electron chi connectivity index (χ2n) is 5.72. The summed E-state index contributed by atoms with van der Waals surface area (Å²) in [5, 5.41) is 6.88. The number of hydrogen-bond acceptors (Lipinski definition) is 6. The smallest absolute Gasteiger partial charge is 0.325 e. The lowest BCUT2D eigenvalue weighted by Crippen LogP contribution is -2.43. The molecule has 9 heteroatoms. The van der Waals surface area contributed by atoms with Crippen LogP contribution in [0.3, 0.4) is 0 Å². The largest absolute Gasteiger partial charge is 0.497 e. The highest BCUT2D eigenvalue weighted by Gasteiger charge is 2.12. The van der Waals surface area contributed by atoms with Crippen LogP contribution in [0.5, 0.6) is 5.75 Å². The highest BCUT2D eigenvalue weighted by molar-refractivity contribution is 5.97. The molecular formula is C17H23N3O6. The quantitative estimate of drug-likeness (QED) is 0.575. The molecule has 0 heterocycles. The van der Waals surface area contributed by atoms with Crippen molar-refractivity contribution in [2.75, 3.05) is 26.8 Å². The number of ether oxygens (including phenoxy) is 2. The maximum absolute atomic E-state index is 11.9. The third kappa shape index (κ3) is 8.13. The third-order valence-electron chi connectivity index (χ3n) is 3.03. The van der Waals surface area contributed by atoms with E-state index in [-0.39, 0.29) is 5.92 Å². The molecular weight excluding hydrogens is 342 g/mol. The fourth-order valence-electron chi connectivity index (χ4n) is 1.70. The molecule has 0 bridgehead atoms. The summed E-state index contributed by atoms with van der Waals surface area (Å²) in [6.45, 7) is 3.20. The minimum Gasteiger partial charge on any atom is -0.497 e. The Labute approximate surface area is 151 Å². The summed E-state index contributed by atoms with van der Waals surface area (Å²) >= 11 is 0. The van der Waals surface area contributed by atoms with Gasteiger partial charge >= 0.3 is 12.0 Å². The highest BCUT2D eigenvalue weighted by atomic mass is 16.5. The minimum atomic E-state index is -0.801. The Morgan fingerprint density at radius 3 is 2.27 bits per heavy atom. The molecule has 0 aliphatic heterocycles. The standard InChI is InChI=1S/C17H23N3O6/c1-11(2)8-19-17(24)20-14(21)10-26-15(22)9-18-16(23)12-4-6-13(25-3)7-5-12/h4-7,11H,8-10H2,1-3H3,(H,18,23)(H2,19,20,21,24). The van der Waals surface area contributed by atoms with Crippen LogP contribution in [0.2, 0.25) is 0 Å². The molecule has 0 saturated heterocycles. The molecule has 0 atom stereocenters. The van der Waals surface area contributed by atoms with Crippen molar-refractivity contribution in [3.63, 3.8) is 0 Å². The second kappa shape index (κ2) is 10.7. The number of nitrogens with one attached hydrogen (secondary N) is 3. The number of esters is 1. The maximum Gasteiger partial charge on any atom is 0.325 e. The Morgan fingerprint density at radius 2 is 1.69 bits per heavy atom. The van der Waals surface area contributed by atoms with Crippen molar-refractivity contribution >= 4 is 23.8 Å². The van der Waals surface area contributed by atoms with Crippen molar-refractivity contribution in [3.05, 3.63) is 29.8 Å². The highest BCUT2D eigenvalue weighted by Crippen LogP contribution is 2.10. The van der Waals surface area contributed by atoms with Gasteiger partial charge in [-0.1, -0.05) is 13.8 Å². The van der Waals surface area contributed by atoms with Crippen LogP contribution in [0.15, 0.2) is 24.3 Å². The number of rotatable bonds is 8. The van der Waals surface area contributed by atoms with Crippen molar-refractivity contribution in [1.29, 1.82) is 0 Å². The normalized spacial score (nSPS) is 10.0. The van der Waals surface area contributed by atoms with Gasteiger partial charge in [0.2, 0.25) is 0 Å². The lowest BCUT2D eigenvalue weighted by molar-refractivity contribution is -0.147. The number of benzene rings is 1. The van der Waals surface area contributed by atoms with Gasteiger partial charge < -0.3 is 20.1 Å². The van der Waals surface area contributed by atoms with Crippen LogP contribution in [0, 0.1) is 5.92 Å². The minimum absolute atomic E-state index is 0.239. The molecule has 0 fully saturated rings. The van der Waals surface area contributed by atoms with E-state index in [1.165, 1.54) is 7.11 Å². The summed E-state index contributed by atoms with van der Waals surface area (Å²) in [7, 11) is 1.51. The number of urea groups is 1. The molecule has 1 rings (SSSR count). The van der Waals surface area contributed by atoms with Gasteiger partial charge in [0.25, 0.3) is 11.8 Å². The first-order valence-electron chi connectivity index (χ1n) is 7.97. The first-order chi connectivity index (χ1) is 12.3. The zero-order valence-electron chi connectivity index (χ0n) is 15.0. The van der Waals surface area contributed by atoms with E-state index in [1.54, 1.807) is 24.3 Å². The fourth-order valence-corrected chi connectivity index (χ4v) is 1.70.